The van der Waals surface area contributed by atoms with Gasteiger partial charge in [0.25, 0.3) is 0 Å². The highest BCUT2D eigenvalue weighted by molar-refractivity contribution is 5.69. The van der Waals surface area contributed by atoms with Crippen molar-refractivity contribution in [3.05, 3.63) is 0 Å². The summed E-state index contributed by atoms with van der Waals surface area (Å²) < 4.78 is 24.5. The van der Waals surface area contributed by atoms with Gasteiger partial charge in [0, 0.05) is 23.9 Å². The zero-order valence-corrected chi connectivity index (χ0v) is 29.9. The first kappa shape index (κ1) is 32.6. The van der Waals surface area contributed by atoms with Crippen LogP contribution >= 0.6 is 0 Å². The Kier molecular flexibility index (Phi) is 7.43. The van der Waals surface area contributed by atoms with E-state index in [1.54, 1.807) is 4.90 Å². The minimum atomic E-state index is -0.551. The average Bonchev–Trinajstić information content (AvgIpc) is 3.59. The van der Waals surface area contributed by atoms with Crippen molar-refractivity contribution < 1.29 is 33.6 Å². The van der Waals surface area contributed by atoms with E-state index in [0.717, 1.165) is 58.0 Å². The van der Waals surface area contributed by atoms with Gasteiger partial charge in [-0.15, -0.1) is 0 Å². The number of hydrogen-bond acceptors (Lipinski definition) is 7. The molecule has 9 nitrogen and oxygen atoms in total. The van der Waals surface area contributed by atoms with E-state index in [-0.39, 0.29) is 81.6 Å². The second-order valence-corrected chi connectivity index (χ2v) is 18.8. The van der Waals surface area contributed by atoms with Crippen molar-refractivity contribution in [3.8, 4) is 0 Å². The third-order valence-corrected chi connectivity index (χ3v) is 16.3. The molecule has 5 aliphatic carbocycles. The van der Waals surface area contributed by atoms with Crippen LogP contribution in [0.1, 0.15) is 106 Å². The smallest absolute Gasteiger partial charge is 0.410 e. The number of likely N-dealkylation sites (tertiary alicyclic amines) is 1. The largest absolute Gasteiger partial charge is 0.446 e. The maximum absolute atomic E-state index is 12.9. The number of hydrogen-bond donors (Lipinski definition) is 2. The van der Waals surface area contributed by atoms with Gasteiger partial charge < -0.3 is 34.3 Å². The number of nitrogens with zero attached hydrogens (tertiary/aromatic N) is 1. The van der Waals surface area contributed by atoms with E-state index in [1.165, 1.54) is 12.8 Å². The standard InChI is InChI=1S/C38H60N2O7/c1-21(2)29(47-33(43)40-15-8-16-40)24-17-22(3)28-30(45-24)31(41)36(7)26-10-9-25-34(4,5)27(46-32(42)39-23-18-44-19-23)11-12-37(25)20-38(26,37)14-13-35(28,36)6/h21-31,41H,8-20H2,1-7H3,(H,39,42)/t22-,24-,25+,26+,27+,28+,29-,30+,31+,35-,36-,37-,38+/m1/s1. The number of alkyl carbamates (subject to hydrolysis) is 1. The summed E-state index contributed by atoms with van der Waals surface area (Å²) in [4.78, 5) is 27.5. The maximum atomic E-state index is 12.9. The summed E-state index contributed by atoms with van der Waals surface area (Å²) in [7, 11) is 0. The number of nitrogens with one attached hydrogen (secondary N) is 1. The van der Waals surface area contributed by atoms with Gasteiger partial charge in [0.2, 0.25) is 0 Å². The van der Waals surface area contributed by atoms with Crippen molar-refractivity contribution in [3.63, 3.8) is 0 Å². The maximum Gasteiger partial charge on any atom is 0.410 e. The zero-order chi connectivity index (χ0) is 33.3. The van der Waals surface area contributed by atoms with Crippen LogP contribution in [0.25, 0.3) is 0 Å². The van der Waals surface area contributed by atoms with Gasteiger partial charge in [-0.3, -0.25) is 0 Å². The second kappa shape index (κ2) is 10.7. The van der Waals surface area contributed by atoms with Crippen LogP contribution in [0.3, 0.4) is 0 Å². The van der Waals surface area contributed by atoms with Crippen LogP contribution in [0.5, 0.6) is 0 Å². The molecule has 8 aliphatic rings. The molecule has 2 spiro atoms. The van der Waals surface area contributed by atoms with Crippen LogP contribution in [-0.2, 0) is 18.9 Å². The summed E-state index contributed by atoms with van der Waals surface area (Å²) in [5.41, 5.74) is 0.131. The molecule has 0 aromatic rings. The third kappa shape index (κ3) is 4.30. The Balaban J connectivity index is 1.03. The molecule has 0 radical (unpaired) electrons. The average molecular weight is 657 g/mol. The lowest BCUT2D eigenvalue weighted by atomic mass is 9.41. The van der Waals surface area contributed by atoms with Crippen molar-refractivity contribution in [2.75, 3.05) is 26.3 Å². The van der Waals surface area contributed by atoms with Gasteiger partial charge in [-0.25, -0.2) is 9.59 Å². The Morgan fingerprint density at radius 3 is 2.32 bits per heavy atom. The number of rotatable bonds is 5. The normalized spacial score (nSPS) is 49.9. The van der Waals surface area contributed by atoms with Crippen molar-refractivity contribution in [1.29, 1.82) is 0 Å². The minimum absolute atomic E-state index is 0.0190. The first-order valence-electron chi connectivity index (χ1n) is 19.0. The summed E-state index contributed by atoms with van der Waals surface area (Å²) in [5, 5.41) is 15.6. The van der Waals surface area contributed by atoms with Gasteiger partial charge in [0.15, 0.2) is 0 Å². The molecular weight excluding hydrogens is 596 g/mol. The lowest BCUT2D eigenvalue weighted by molar-refractivity contribution is -0.185. The lowest BCUT2D eigenvalue weighted by Crippen LogP contribution is -2.60. The van der Waals surface area contributed by atoms with E-state index < -0.39 is 6.10 Å². The molecule has 8 rings (SSSR count). The highest BCUT2D eigenvalue weighted by Gasteiger charge is 2.84. The van der Waals surface area contributed by atoms with E-state index in [0.29, 0.717) is 31.0 Å². The topological polar surface area (TPSA) is 107 Å². The first-order chi connectivity index (χ1) is 22.2. The Morgan fingerprint density at radius 1 is 0.979 bits per heavy atom. The number of fused-ring (bicyclic) bond motifs is 4. The fraction of sp³-hybridized carbons (Fsp3) is 0.947. The number of aliphatic hydroxyl groups excluding tert-OH is 1. The Hall–Kier alpha value is -1.58. The van der Waals surface area contributed by atoms with Gasteiger partial charge in [0.1, 0.15) is 12.2 Å². The molecular formula is C38H60N2O7. The number of ether oxygens (including phenoxy) is 4. The highest BCUT2D eigenvalue weighted by Crippen LogP contribution is 2.89. The van der Waals surface area contributed by atoms with Gasteiger partial charge in [0.05, 0.1) is 37.6 Å². The summed E-state index contributed by atoms with van der Waals surface area (Å²) in [5.74, 6) is 1.73. The molecule has 264 valence electrons. The number of carbonyl (C=O) groups is 2. The Labute approximate surface area is 281 Å². The molecule has 0 unspecified atom stereocenters. The monoisotopic (exact) mass is 656 g/mol. The van der Waals surface area contributed by atoms with Crippen LogP contribution in [0, 0.1) is 56.7 Å². The molecule has 3 saturated heterocycles. The summed E-state index contributed by atoms with van der Waals surface area (Å²) in [6, 6.07) is 0.0695. The van der Waals surface area contributed by atoms with Gasteiger partial charge >= 0.3 is 12.2 Å². The van der Waals surface area contributed by atoms with E-state index >= 15 is 0 Å². The van der Waals surface area contributed by atoms with Crippen molar-refractivity contribution in [1.82, 2.24) is 10.2 Å². The molecule has 9 heteroatoms. The van der Waals surface area contributed by atoms with E-state index in [9.17, 15) is 14.7 Å². The van der Waals surface area contributed by atoms with Crippen molar-refractivity contribution >= 4 is 12.2 Å². The summed E-state index contributed by atoms with van der Waals surface area (Å²) in [6.07, 6.45) is 7.77. The lowest BCUT2D eigenvalue weighted by Gasteiger charge is -2.63. The summed E-state index contributed by atoms with van der Waals surface area (Å²) in [6.45, 7) is 18.9. The van der Waals surface area contributed by atoms with E-state index in [2.05, 4.69) is 53.8 Å². The predicted octanol–water partition coefficient (Wildman–Crippen LogP) is 6.16. The van der Waals surface area contributed by atoms with Crippen LogP contribution in [-0.4, -0.2) is 85.1 Å². The highest BCUT2D eigenvalue weighted by atomic mass is 16.6. The fourth-order valence-corrected chi connectivity index (χ4v) is 13.7. The number of carbonyl (C=O) groups excluding carboxylic acids is 2. The molecule has 2 amide bonds. The molecule has 2 N–H and O–H groups in total. The SMILES string of the molecule is CC(C)[C@@H](OC(=O)N1CCC1)[C@H]1C[C@@H](C)[C@H]2[C@H](O1)[C@H](O)[C@@]1(C)[C@@H]3CC[C@H]4C(C)(C)[C@@H](OC(=O)NC5COC5)CC[C@@]45C[C@@]35CC[C@]21C. The molecule has 0 aromatic heterocycles. The second-order valence-electron chi connectivity index (χ2n) is 18.8. The molecule has 47 heavy (non-hydrogen) atoms. The van der Waals surface area contributed by atoms with E-state index in [1.807, 2.05) is 0 Å². The first-order valence-corrected chi connectivity index (χ1v) is 19.0. The molecule has 8 fully saturated rings. The van der Waals surface area contributed by atoms with Gasteiger partial charge in [-0.05, 0) is 104 Å². The van der Waals surface area contributed by atoms with Crippen LogP contribution in [0.2, 0.25) is 0 Å². The predicted molar refractivity (Wildman–Crippen MR) is 175 cm³/mol. The third-order valence-electron chi connectivity index (χ3n) is 16.3. The van der Waals surface area contributed by atoms with Gasteiger partial charge in [-0.2, -0.15) is 0 Å². The van der Waals surface area contributed by atoms with Crippen molar-refractivity contribution in [2.24, 2.45) is 56.7 Å². The number of aliphatic hydroxyl groups is 1. The molecule has 5 saturated carbocycles. The molecule has 0 aromatic carbocycles. The van der Waals surface area contributed by atoms with Crippen LogP contribution in [0.4, 0.5) is 9.59 Å². The quantitative estimate of drug-likeness (QED) is 0.365. The minimum Gasteiger partial charge on any atom is -0.446 e. The number of amides is 2. The van der Waals surface area contributed by atoms with Crippen LogP contribution < -0.4 is 5.32 Å². The Morgan fingerprint density at radius 2 is 1.68 bits per heavy atom. The van der Waals surface area contributed by atoms with Gasteiger partial charge in [-0.1, -0.05) is 48.5 Å². The molecule has 3 heterocycles. The fourth-order valence-electron chi connectivity index (χ4n) is 13.7. The zero-order valence-electron chi connectivity index (χ0n) is 29.9. The van der Waals surface area contributed by atoms with Crippen LogP contribution in [0.15, 0.2) is 0 Å². The van der Waals surface area contributed by atoms with E-state index in [4.69, 9.17) is 18.9 Å². The molecule has 3 aliphatic heterocycles. The summed E-state index contributed by atoms with van der Waals surface area (Å²) >= 11 is 0. The molecule has 13 atom stereocenters. The van der Waals surface area contributed by atoms with Crippen molar-refractivity contribution in [2.45, 2.75) is 143 Å². The molecule has 0 bridgehead atoms. The Bertz CT molecular complexity index is 1280.